The van der Waals surface area contributed by atoms with Crippen LogP contribution < -0.4 is 0 Å². The van der Waals surface area contributed by atoms with Gasteiger partial charge in [-0.2, -0.15) is 4.98 Å². The highest BCUT2D eigenvalue weighted by Gasteiger charge is 2.15. The van der Waals surface area contributed by atoms with Crippen LogP contribution in [0.3, 0.4) is 0 Å². The van der Waals surface area contributed by atoms with Crippen molar-refractivity contribution in [3.05, 3.63) is 70.6 Å². The number of hydrogen-bond acceptors (Lipinski definition) is 5. The zero-order valence-electron chi connectivity index (χ0n) is 15.2. The summed E-state index contributed by atoms with van der Waals surface area (Å²) in [5.41, 5.74) is 3.31. The number of amides is 1. The van der Waals surface area contributed by atoms with Crippen LogP contribution in [-0.4, -0.2) is 33.7 Å². The lowest BCUT2D eigenvalue weighted by Crippen LogP contribution is -2.28. The minimum absolute atomic E-state index is 0.0276. The van der Waals surface area contributed by atoms with Gasteiger partial charge >= 0.3 is 0 Å². The van der Waals surface area contributed by atoms with Crippen LogP contribution in [0, 0.1) is 6.92 Å². The Kier molecular flexibility index (Phi) is 6.53. The highest BCUT2D eigenvalue weighted by molar-refractivity contribution is 7.99. The normalized spacial score (nSPS) is 10.8. The second kappa shape index (κ2) is 9.06. The van der Waals surface area contributed by atoms with Gasteiger partial charge in [-0.25, -0.2) is 0 Å². The fourth-order valence-electron chi connectivity index (χ4n) is 2.46. The van der Waals surface area contributed by atoms with E-state index in [2.05, 4.69) is 29.2 Å². The first-order valence-corrected chi connectivity index (χ1v) is 10.0. The monoisotopic (exact) mass is 401 g/mol. The van der Waals surface area contributed by atoms with E-state index < -0.39 is 0 Å². The highest BCUT2D eigenvalue weighted by Crippen LogP contribution is 2.19. The number of hydrogen-bond donors (Lipinski definition) is 0. The van der Waals surface area contributed by atoms with E-state index in [1.54, 1.807) is 35.8 Å². The minimum Gasteiger partial charge on any atom is -0.337 e. The molecule has 3 aromatic rings. The summed E-state index contributed by atoms with van der Waals surface area (Å²) in [7, 11) is 1.74. The van der Waals surface area contributed by atoms with Gasteiger partial charge in [0.25, 0.3) is 0 Å². The van der Waals surface area contributed by atoms with Crippen molar-refractivity contribution in [2.24, 2.45) is 0 Å². The van der Waals surface area contributed by atoms with Gasteiger partial charge in [-0.3, -0.25) is 4.79 Å². The Morgan fingerprint density at radius 3 is 2.67 bits per heavy atom. The Morgan fingerprint density at radius 2 is 1.93 bits per heavy atom. The molecular weight excluding hydrogens is 382 g/mol. The van der Waals surface area contributed by atoms with Crippen molar-refractivity contribution in [3.8, 4) is 11.4 Å². The molecule has 0 radical (unpaired) electrons. The number of rotatable bonds is 7. The van der Waals surface area contributed by atoms with Gasteiger partial charge in [-0.1, -0.05) is 41.0 Å². The summed E-state index contributed by atoms with van der Waals surface area (Å²) in [4.78, 5) is 18.3. The lowest BCUT2D eigenvalue weighted by molar-refractivity contribution is -0.127. The van der Waals surface area contributed by atoms with Gasteiger partial charge < -0.3 is 9.42 Å². The summed E-state index contributed by atoms with van der Waals surface area (Å²) in [6.45, 7) is 2.36. The topological polar surface area (TPSA) is 59.2 Å². The zero-order valence-corrected chi connectivity index (χ0v) is 16.8. The Balaban J connectivity index is 1.51. The second-order valence-electron chi connectivity index (χ2n) is 6.19. The van der Waals surface area contributed by atoms with E-state index >= 15 is 0 Å². The molecule has 0 unspecified atom stereocenters. The third kappa shape index (κ3) is 5.34. The minimum atomic E-state index is 0.0276. The summed E-state index contributed by atoms with van der Waals surface area (Å²) in [5, 5.41) is 4.62. The summed E-state index contributed by atoms with van der Waals surface area (Å²) >= 11 is 7.49. The Hall–Kier alpha value is -2.31. The largest absolute Gasteiger partial charge is 0.337 e. The van der Waals surface area contributed by atoms with E-state index in [1.807, 2.05) is 24.3 Å². The smallest absolute Gasteiger partial charge is 0.246 e. The van der Waals surface area contributed by atoms with Crippen LogP contribution in [0.4, 0.5) is 0 Å². The first kappa shape index (κ1) is 19.5. The van der Waals surface area contributed by atoms with Crippen LogP contribution in [-0.2, 0) is 17.1 Å². The fraction of sp³-hybridized carbons (Fsp3) is 0.250. The van der Waals surface area contributed by atoms with Crippen LogP contribution in [0.1, 0.15) is 17.0 Å². The lowest BCUT2D eigenvalue weighted by Gasteiger charge is -2.14. The molecule has 0 fully saturated rings. The summed E-state index contributed by atoms with van der Waals surface area (Å²) in [6, 6.07) is 15.4. The predicted octanol–water partition coefficient (Wildman–Crippen LogP) is 4.59. The first-order valence-electron chi connectivity index (χ1n) is 8.47. The quantitative estimate of drug-likeness (QED) is 0.579. The zero-order chi connectivity index (χ0) is 19.2. The standard InChI is InChI=1S/C20H20ClN3O2S/c1-14-5-3-4-6-16(14)12-27-13-19(25)24(2)11-18-22-20(23-26-18)15-7-9-17(21)10-8-15/h3-10H,11-13H2,1-2H3. The molecule has 5 nitrogen and oxygen atoms in total. The molecule has 0 bridgehead atoms. The van der Waals surface area contributed by atoms with Gasteiger partial charge in [0, 0.05) is 23.4 Å². The fourth-order valence-corrected chi connectivity index (χ4v) is 3.62. The average molecular weight is 402 g/mol. The lowest BCUT2D eigenvalue weighted by atomic mass is 10.1. The molecule has 1 aromatic heterocycles. The number of carbonyl (C=O) groups is 1. The molecule has 0 saturated carbocycles. The molecule has 0 spiro atoms. The average Bonchev–Trinajstić information content (AvgIpc) is 3.12. The van der Waals surface area contributed by atoms with Crippen molar-refractivity contribution in [1.29, 1.82) is 0 Å². The van der Waals surface area contributed by atoms with Gasteiger partial charge in [-0.15, -0.1) is 11.8 Å². The molecule has 0 saturated heterocycles. The van der Waals surface area contributed by atoms with E-state index in [-0.39, 0.29) is 12.5 Å². The number of carbonyl (C=O) groups excluding carboxylic acids is 1. The summed E-state index contributed by atoms with van der Waals surface area (Å²) in [6.07, 6.45) is 0. The van der Waals surface area contributed by atoms with E-state index in [0.717, 1.165) is 11.3 Å². The third-order valence-corrected chi connectivity index (χ3v) is 5.33. The molecule has 7 heteroatoms. The van der Waals surface area contributed by atoms with Crippen LogP contribution in [0.2, 0.25) is 5.02 Å². The molecule has 3 rings (SSSR count). The molecule has 140 valence electrons. The van der Waals surface area contributed by atoms with Crippen molar-refractivity contribution in [3.63, 3.8) is 0 Å². The predicted molar refractivity (Wildman–Crippen MR) is 109 cm³/mol. The van der Waals surface area contributed by atoms with Crippen molar-refractivity contribution < 1.29 is 9.32 Å². The molecule has 0 aliphatic heterocycles. The molecule has 1 amide bonds. The van der Waals surface area contributed by atoms with Crippen LogP contribution in [0.15, 0.2) is 53.1 Å². The van der Waals surface area contributed by atoms with Crippen molar-refractivity contribution in [2.75, 3.05) is 12.8 Å². The molecule has 0 N–H and O–H groups in total. The first-order chi connectivity index (χ1) is 13.0. The number of nitrogens with zero attached hydrogens (tertiary/aromatic N) is 3. The molecular formula is C20H20ClN3O2S. The van der Waals surface area contributed by atoms with Crippen molar-refractivity contribution >= 4 is 29.3 Å². The molecule has 1 heterocycles. The van der Waals surface area contributed by atoms with E-state index in [0.29, 0.717) is 22.5 Å². The Labute approximate surface area is 167 Å². The Morgan fingerprint density at radius 1 is 1.19 bits per heavy atom. The SMILES string of the molecule is Cc1ccccc1CSCC(=O)N(C)Cc1nc(-c2ccc(Cl)cc2)no1. The molecule has 27 heavy (non-hydrogen) atoms. The highest BCUT2D eigenvalue weighted by atomic mass is 35.5. The van der Waals surface area contributed by atoms with Gasteiger partial charge in [0.15, 0.2) is 0 Å². The van der Waals surface area contributed by atoms with Gasteiger partial charge in [0.2, 0.25) is 17.6 Å². The second-order valence-corrected chi connectivity index (χ2v) is 7.61. The van der Waals surface area contributed by atoms with E-state index in [1.165, 1.54) is 11.1 Å². The number of aromatic nitrogens is 2. The third-order valence-electron chi connectivity index (χ3n) is 4.11. The number of thioether (sulfide) groups is 1. The van der Waals surface area contributed by atoms with Gasteiger partial charge in [0.05, 0.1) is 12.3 Å². The summed E-state index contributed by atoms with van der Waals surface area (Å²) in [5.74, 6) is 2.13. The maximum absolute atomic E-state index is 12.3. The van der Waals surface area contributed by atoms with Crippen LogP contribution >= 0.6 is 23.4 Å². The number of halogens is 1. The van der Waals surface area contributed by atoms with Gasteiger partial charge in [0.1, 0.15) is 0 Å². The number of benzene rings is 2. The molecule has 0 atom stereocenters. The summed E-state index contributed by atoms with van der Waals surface area (Å²) < 4.78 is 5.26. The van der Waals surface area contributed by atoms with Crippen LogP contribution in [0.5, 0.6) is 0 Å². The van der Waals surface area contributed by atoms with Crippen LogP contribution in [0.25, 0.3) is 11.4 Å². The maximum Gasteiger partial charge on any atom is 0.246 e. The van der Waals surface area contributed by atoms with E-state index in [9.17, 15) is 4.79 Å². The van der Waals surface area contributed by atoms with Crippen molar-refractivity contribution in [2.45, 2.75) is 19.2 Å². The number of aryl methyl sites for hydroxylation is 1. The maximum atomic E-state index is 12.3. The molecule has 0 aliphatic rings. The molecule has 2 aromatic carbocycles. The Bertz CT molecular complexity index is 912. The van der Waals surface area contributed by atoms with Gasteiger partial charge in [-0.05, 0) is 42.3 Å². The molecule has 0 aliphatic carbocycles. The van der Waals surface area contributed by atoms with E-state index in [4.69, 9.17) is 16.1 Å². The van der Waals surface area contributed by atoms with Crippen molar-refractivity contribution in [1.82, 2.24) is 15.0 Å².